The zero-order chi connectivity index (χ0) is 19.7. The third-order valence-corrected chi connectivity index (χ3v) is 5.78. The Bertz CT molecular complexity index is 1040. The predicted octanol–water partition coefficient (Wildman–Crippen LogP) is 5.04. The molecule has 0 spiro atoms. The number of amides is 1. The standard InChI is InChI=1S/C24H23ClN2O/c1-16-20(7-5-8-21(16)22-6-3-4-9-23(22)25)17-10-11-18-13-27(14-19(18)12-17)15-24(28)26-2/h3-12H,13-15H2,1-2H3,(H,26,28). The molecule has 0 unspecified atom stereocenters. The number of nitrogens with zero attached hydrogens (tertiary/aromatic N) is 1. The number of nitrogens with one attached hydrogen (secondary N) is 1. The molecular weight excluding hydrogens is 368 g/mol. The minimum atomic E-state index is 0.0521. The highest BCUT2D eigenvalue weighted by Crippen LogP contribution is 2.36. The summed E-state index contributed by atoms with van der Waals surface area (Å²) >= 11 is 6.44. The molecule has 0 atom stereocenters. The van der Waals surface area contributed by atoms with Gasteiger partial charge in [-0.3, -0.25) is 9.69 Å². The van der Waals surface area contributed by atoms with Gasteiger partial charge in [0.05, 0.1) is 6.54 Å². The summed E-state index contributed by atoms with van der Waals surface area (Å²) in [6.45, 7) is 4.21. The first-order valence-corrected chi connectivity index (χ1v) is 9.84. The van der Waals surface area contributed by atoms with Gasteiger partial charge < -0.3 is 5.32 Å². The first-order valence-electron chi connectivity index (χ1n) is 9.46. The second-order valence-electron chi connectivity index (χ2n) is 7.26. The van der Waals surface area contributed by atoms with Crippen molar-refractivity contribution in [3.63, 3.8) is 0 Å². The summed E-state index contributed by atoms with van der Waals surface area (Å²) in [7, 11) is 1.68. The Morgan fingerprint density at radius 1 is 0.964 bits per heavy atom. The molecule has 28 heavy (non-hydrogen) atoms. The van der Waals surface area contributed by atoms with Crippen molar-refractivity contribution in [3.8, 4) is 22.3 Å². The first-order chi connectivity index (χ1) is 13.6. The predicted molar refractivity (Wildman–Crippen MR) is 115 cm³/mol. The van der Waals surface area contributed by atoms with E-state index in [2.05, 4.69) is 59.6 Å². The molecule has 1 amide bonds. The number of rotatable bonds is 4. The SMILES string of the molecule is CNC(=O)CN1Cc2ccc(-c3cccc(-c4ccccc4Cl)c3C)cc2C1. The molecule has 0 bridgehead atoms. The fraction of sp³-hybridized carbons (Fsp3) is 0.208. The van der Waals surface area contributed by atoms with Crippen molar-refractivity contribution in [1.82, 2.24) is 10.2 Å². The molecule has 3 aromatic carbocycles. The Balaban J connectivity index is 1.67. The van der Waals surface area contributed by atoms with E-state index in [1.165, 1.54) is 27.8 Å². The van der Waals surface area contributed by atoms with E-state index in [-0.39, 0.29) is 5.91 Å². The van der Waals surface area contributed by atoms with Crippen LogP contribution in [0.5, 0.6) is 0 Å². The second-order valence-corrected chi connectivity index (χ2v) is 7.67. The van der Waals surface area contributed by atoms with Gasteiger partial charge in [0, 0.05) is 30.7 Å². The molecule has 0 fully saturated rings. The van der Waals surface area contributed by atoms with E-state index in [1.54, 1.807) is 7.05 Å². The lowest BCUT2D eigenvalue weighted by molar-refractivity contribution is -0.121. The van der Waals surface area contributed by atoms with Crippen molar-refractivity contribution in [1.29, 1.82) is 0 Å². The van der Waals surface area contributed by atoms with E-state index < -0.39 is 0 Å². The Morgan fingerprint density at radius 2 is 1.68 bits per heavy atom. The minimum Gasteiger partial charge on any atom is -0.358 e. The minimum absolute atomic E-state index is 0.0521. The molecule has 1 heterocycles. The van der Waals surface area contributed by atoms with Crippen LogP contribution in [-0.4, -0.2) is 24.4 Å². The number of benzene rings is 3. The highest BCUT2D eigenvalue weighted by atomic mass is 35.5. The van der Waals surface area contributed by atoms with Gasteiger partial charge in [0.25, 0.3) is 0 Å². The van der Waals surface area contributed by atoms with Gasteiger partial charge in [0.2, 0.25) is 5.91 Å². The molecule has 1 aliphatic rings. The Morgan fingerprint density at radius 3 is 2.46 bits per heavy atom. The number of halogens is 1. The fourth-order valence-corrected chi connectivity index (χ4v) is 4.18. The Kier molecular flexibility index (Phi) is 5.21. The number of hydrogen-bond acceptors (Lipinski definition) is 2. The topological polar surface area (TPSA) is 32.3 Å². The average Bonchev–Trinajstić information content (AvgIpc) is 3.10. The quantitative estimate of drug-likeness (QED) is 0.676. The zero-order valence-corrected chi connectivity index (χ0v) is 16.9. The van der Waals surface area contributed by atoms with Crippen LogP contribution in [0.3, 0.4) is 0 Å². The Labute approximate surface area is 171 Å². The van der Waals surface area contributed by atoms with Gasteiger partial charge in [-0.25, -0.2) is 0 Å². The van der Waals surface area contributed by atoms with Crippen LogP contribution in [0.2, 0.25) is 5.02 Å². The summed E-state index contributed by atoms with van der Waals surface area (Å²) in [5.74, 6) is 0.0521. The molecule has 1 N–H and O–H groups in total. The van der Waals surface area contributed by atoms with Crippen molar-refractivity contribution in [2.45, 2.75) is 20.0 Å². The van der Waals surface area contributed by atoms with Crippen molar-refractivity contribution in [2.75, 3.05) is 13.6 Å². The van der Waals surface area contributed by atoms with Crippen LogP contribution < -0.4 is 5.32 Å². The molecule has 4 heteroatoms. The summed E-state index contributed by atoms with van der Waals surface area (Å²) in [5, 5.41) is 3.46. The normalized spacial score (nSPS) is 13.4. The van der Waals surface area contributed by atoms with Crippen LogP contribution in [0, 0.1) is 6.92 Å². The summed E-state index contributed by atoms with van der Waals surface area (Å²) in [4.78, 5) is 13.9. The maximum absolute atomic E-state index is 11.7. The highest BCUT2D eigenvalue weighted by molar-refractivity contribution is 6.33. The van der Waals surface area contributed by atoms with Crippen molar-refractivity contribution in [3.05, 3.63) is 82.4 Å². The highest BCUT2D eigenvalue weighted by Gasteiger charge is 2.21. The molecule has 0 saturated carbocycles. The van der Waals surface area contributed by atoms with Crippen molar-refractivity contribution >= 4 is 17.5 Å². The summed E-state index contributed by atoms with van der Waals surface area (Å²) < 4.78 is 0. The lowest BCUT2D eigenvalue weighted by Gasteiger charge is -2.14. The van der Waals surface area contributed by atoms with E-state index in [9.17, 15) is 4.79 Å². The van der Waals surface area contributed by atoms with E-state index in [0.717, 1.165) is 29.2 Å². The largest absolute Gasteiger partial charge is 0.358 e. The van der Waals surface area contributed by atoms with Gasteiger partial charge in [-0.05, 0) is 52.4 Å². The average molecular weight is 391 g/mol. The number of hydrogen-bond donors (Lipinski definition) is 1. The van der Waals surface area contributed by atoms with E-state index in [0.29, 0.717) is 6.54 Å². The van der Waals surface area contributed by atoms with Crippen molar-refractivity contribution < 1.29 is 4.79 Å². The van der Waals surface area contributed by atoms with E-state index in [4.69, 9.17) is 11.6 Å². The molecule has 0 saturated heterocycles. The molecule has 1 aliphatic heterocycles. The summed E-state index contributed by atoms with van der Waals surface area (Å²) in [6, 6.07) is 21.0. The van der Waals surface area contributed by atoms with Gasteiger partial charge in [0.15, 0.2) is 0 Å². The van der Waals surface area contributed by atoms with Gasteiger partial charge >= 0.3 is 0 Å². The van der Waals surface area contributed by atoms with Gasteiger partial charge in [-0.15, -0.1) is 0 Å². The van der Waals surface area contributed by atoms with Crippen LogP contribution in [0.25, 0.3) is 22.3 Å². The number of fused-ring (bicyclic) bond motifs is 1. The maximum atomic E-state index is 11.7. The molecular formula is C24H23ClN2O. The smallest absolute Gasteiger partial charge is 0.233 e. The molecule has 3 aromatic rings. The second kappa shape index (κ2) is 7.78. The lowest BCUT2D eigenvalue weighted by Crippen LogP contribution is -2.32. The van der Waals surface area contributed by atoms with E-state index >= 15 is 0 Å². The van der Waals surface area contributed by atoms with Crippen LogP contribution in [0.15, 0.2) is 60.7 Å². The third kappa shape index (κ3) is 3.56. The summed E-state index contributed by atoms with van der Waals surface area (Å²) in [5.41, 5.74) is 8.44. The number of likely N-dealkylation sites (N-methyl/N-ethyl adjacent to an activating group) is 1. The molecule has 0 radical (unpaired) electrons. The lowest BCUT2D eigenvalue weighted by atomic mass is 9.91. The van der Waals surface area contributed by atoms with Gasteiger partial charge in [-0.2, -0.15) is 0 Å². The zero-order valence-electron chi connectivity index (χ0n) is 16.1. The number of carbonyl (C=O) groups is 1. The molecule has 142 valence electrons. The first kappa shape index (κ1) is 18.7. The van der Waals surface area contributed by atoms with Crippen molar-refractivity contribution in [2.24, 2.45) is 0 Å². The van der Waals surface area contributed by atoms with E-state index in [1.807, 2.05) is 18.2 Å². The molecule has 4 rings (SSSR count). The Hall–Kier alpha value is -2.62. The number of carbonyl (C=O) groups excluding carboxylic acids is 1. The maximum Gasteiger partial charge on any atom is 0.233 e. The van der Waals surface area contributed by atoms with Gasteiger partial charge in [-0.1, -0.05) is 60.1 Å². The van der Waals surface area contributed by atoms with Crippen LogP contribution in [-0.2, 0) is 17.9 Å². The molecule has 3 nitrogen and oxygen atoms in total. The van der Waals surface area contributed by atoms with Crippen LogP contribution in [0.1, 0.15) is 16.7 Å². The fourth-order valence-electron chi connectivity index (χ4n) is 3.95. The van der Waals surface area contributed by atoms with Gasteiger partial charge in [0.1, 0.15) is 0 Å². The van der Waals surface area contributed by atoms with Crippen LogP contribution in [0.4, 0.5) is 0 Å². The monoisotopic (exact) mass is 390 g/mol. The van der Waals surface area contributed by atoms with Crippen LogP contribution >= 0.6 is 11.6 Å². The molecule has 0 aromatic heterocycles. The molecule has 0 aliphatic carbocycles. The summed E-state index contributed by atoms with van der Waals surface area (Å²) in [6.07, 6.45) is 0. The third-order valence-electron chi connectivity index (χ3n) is 5.45.